The molecule has 0 saturated carbocycles. The molecule has 68 heavy (non-hydrogen) atoms. The zero-order valence-electron chi connectivity index (χ0n) is 45.1. The lowest BCUT2D eigenvalue weighted by atomic mass is 10.0. The standard InChI is InChI=1S/C63H110O5/c1-4-7-10-13-16-19-22-25-28-30-31-32-34-37-40-43-46-49-52-55-58-66-59-61(68-63(65)57-54-51-48-45-42-39-35-27-24-21-18-15-12-9-6-3)60-67-62(64)56-53-50-47-44-41-38-36-33-29-26-23-20-17-14-11-8-5-2/h9,12,16,18-19,21,25,27-28,31-32,35,42,45,61H,4-8,10-11,13-15,17,20,22-24,26,29-30,33-34,36-41,43-44,46-60H2,1-3H3/b12-9-,19-16-,21-18-,28-25-,32-31-,35-27-,45-42-. The summed E-state index contributed by atoms with van der Waals surface area (Å²) < 4.78 is 17.4. The van der Waals surface area contributed by atoms with Gasteiger partial charge in [0.25, 0.3) is 0 Å². The zero-order valence-corrected chi connectivity index (χ0v) is 45.1. The Balaban J connectivity index is 4.33. The van der Waals surface area contributed by atoms with E-state index in [1.165, 1.54) is 161 Å². The maximum atomic E-state index is 12.8. The van der Waals surface area contributed by atoms with Crippen molar-refractivity contribution in [3.8, 4) is 0 Å². The molecule has 0 aliphatic carbocycles. The average Bonchev–Trinajstić information content (AvgIpc) is 3.34. The van der Waals surface area contributed by atoms with Crippen LogP contribution in [-0.4, -0.2) is 37.9 Å². The molecule has 0 bridgehead atoms. The van der Waals surface area contributed by atoms with E-state index in [1.807, 2.05) is 0 Å². The largest absolute Gasteiger partial charge is 0.462 e. The van der Waals surface area contributed by atoms with Gasteiger partial charge >= 0.3 is 11.9 Å². The number of unbranched alkanes of at least 4 members (excludes halogenated alkanes) is 28. The zero-order chi connectivity index (χ0) is 49.2. The lowest BCUT2D eigenvalue weighted by Gasteiger charge is -2.18. The number of allylic oxidation sites excluding steroid dienone is 14. The SMILES string of the molecule is CC/C=C\C/C=C\C/C=C\C/C=C\CCCCC(=O)OC(COCCCCCCCCC/C=C\C/C=C\C/C=C\CCCCC)COC(=O)CCCCCCCCCCCCCCCCCCC. The molecule has 1 unspecified atom stereocenters. The quantitative estimate of drug-likeness (QED) is 0.0345. The number of carbonyl (C=O) groups excluding carboxylic acids is 2. The topological polar surface area (TPSA) is 61.8 Å². The molecule has 0 aliphatic heterocycles. The van der Waals surface area contributed by atoms with E-state index in [1.54, 1.807) is 0 Å². The molecule has 0 N–H and O–H groups in total. The molecular weight excluding hydrogens is 837 g/mol. The Labute approximate surface area is 422 Å². The molecule has 0 amide bonds. The molecule has 0 saturated heterocycles. The van der Waals surface area contributed by atoms with Crippen molar-refractivity contribution in [2.45, 2.75) is 284 Å². The van der Waals surface area contributed by atoms with Crippen LogP contribution in [-0.2, 0) is 23.8 Å². The highest BCUT2D eigenvalue weighted by Gasteiger charge is 2.17. The molecule has 392 valence electrons. The summed E-state index contributed by atoms with van der Waals surface area (Å²) in [5, 5.41) is 0. The molecule has 0 aromatic heterocycles. The molecule has 0 aliphatic rings. The van der Waals surface area contributed by atoms with E-state index in [0.29, 0.717) is 19.4 Å². The van der Waals surface area contributed by atoms with Crippen LogP contribution in [0.25, 0.3) is 0 Å². The first kappa shape index (κ1) is 65.1. The van der Waals surface area contributed by atoms with Gasteiger partial charge in [-0.1, -0.05) is 254 Å². The van der Waals surface area contributed by atoms with Crippen LogP contribution in [0.2, 0.25) is 0 Å². The van der Waals surface area contributed by atoms with Gasteiger partial charge in [0.15, 0.2) is 6.10 Å². The highest BCUT2D eigenvalue weighted by Crippen LogP contribution is 2.16. The third kappa shape index (κ3) is 55.7. The summed E-state index contributed by atoms with van der Waals surface area (Å²) in [6.45, 7) is 7.65. The maximum Gasteiger partial charge on any atom is 0.306 e. The second-order valence-electron chi connectivity index (χ2n) is 19.2. The fourth-order valence-corrected chi connectivity index (χ4v) is 8.10. The number of carbonyl (C=O) groups is 2. The minimum atomic E-state index is -0.566. The third-order valence-corrected chi connectivity index (χ3v) is 12.4. The van der Waals surface area contributed by atoms with Gasteiger partial charge in [0.05, 0.1) is 6.61 Å². The monoisotopic (exact) mass is 947 g/mol. The van der Waals surface area contributed by atoms with Crippen LogP contribution in [0.4, 0.5) is 0 Å². The normalized spacial score (nSPS) is 12.8. The highest BCUT2D eigenvalue weighted by atomic mass is 16.6. The van der Waals surface area contributed by atoms with Gasteiger partial charge < -0.3 is 14.2 Å². The molecule has 0 heterocycles. The second-order valence-corrected chi connectivity index (χ2v) is 19.2. The van der Waals surface area contributed by atoms with Gasteiger partial charge in [-0.3, -0.25) is 9.59 Å². The number of ether oxygens (including phenoxy) is 3. The molecule has 5 heteroatoms. The van der Waals surface area contributed by atoms with Crippen LogP contribution in [0.1, 0.15) is 278 Å². The minimum Gasteiger partial charge on any atom is -0.462 e. The first-order chi connectivity index (χ1) is 33.6. The first-order valence-corrected chi connectivity index (χ1v) is 29.1. The van der Waals surface area contributed by atoms with Gasteiger partial charge in [0.2, 0.25) is 0 Å². The van der Waals surface area contributed by atoms with Gasteiger partial charge in [-0.25, -0.2) is 0 Å². The Morgan fingerprint density at radius 2 is 0.662 bits per heavy atom. The summed E-state index contributed by atoms with van der Waals surface area (Å²) in [6.07, 6.45) is 77.5. The van der Waals surface area contributed by atoms with Crippen LogP contribution >= 0.6 is 0 Å². The molecule has 5 nitrogen and oxygen atoms in total. The Bertz CT molecular complexity index is 1250. The van der Waals surface area contributed by atoms with E-state index in [-0.39, 0.29) is 25.2 Å². The van der Waals surface area contributed by atoms with E-state index >= 15 is 0 Å². The van der Waals surface area contributed by atoms with Crippen LogP contribution in [0.3, 0.4) is 0 Å². The van der Waals surface area contributed by atoms with Crippen LogP contribution in [0, 0.1) is 0 Å². The van der Waals surface area contributed by atoms with Crippen molar-refractivity contribution in [2.75, 3.05) is 19.8 Å². The van der Waals surface area contributed by atoms with E-state index in [2.05, 4.69) is 106 Å². The predicted octanol–water partition coefficient (Wildman–Crippen LogP) is 20.0. The lowest BCUT2D eigenvalue weighted by molar-refractivity contribution is -0.163. The third-order valence-electron chi connectivity index (χ3n) is 12.4. The van der Waals surface area contributed by atoms with Crippen molar-refractivity contribution in [1.82, 2.24) is 0 Å². The minimum absolute atomic E-state index is 0.0637. The summed E-state index contributed by atoms with van der Waals surface area (Å²) in [7, 11) is 0. The van der Waals surface area contributed by atoms with Gasteiger partial charge in [0.1, 0.15) is 6.61 Å². The Morgan fingerprint density at radius 3 is 1.12 bits per heavy atom. The molecule has 0 aromatic carbocycles. The van der Waals surface area contributed by atoms with Crippen molar-refractivity contribution >= 4 is 11.9 Å². The number of hydrogen-bond donors (Lipinski definition) is 0. The van der Waals surface area contributed by atoms with E-state index in [4.69, 9.17) is 14.2 Å². The fraction of sp³-hybridized carbons (Fsp3) is 0.746. The van der Waals surface area contributed by atoms with Crippen molar-refractivity contribution in [1.29, 1.82) is 0 Å². The molecule has 0 rings (SSSR count). The first-order valence-electron chi connectivity index (χ1n) is 29.1. The van der Waals surface area contributed by atoms with Crippen LogP contribution in [0.5, 0.6) is 0 Å². The summed E-state index contributed by atoms with van der Waals surface area (Å²) >= 11 is 0. The molecular formula is C63H110O5. The molecule has 0 aromatic rings. The van der Waals surface area contributed by atoms with Crippen molar-refractivity contribution in [3.63, 3.8) is 0 Å². The van der Waals surface area contributed by atoms with E-state index in [9.17, 15) is 9.59 Å². The summed E-state index contributed by atoms with van der Waals surface area (Å²) in [5.41, 5.74) is 0. The fourth-order valence-electron chi connectivity index (χ4n) is 8.10. The predicted molar refractivity (Wildman–Crippen MR) is 297 cm³/mol. The molecule has 0 spiro atoms. The number of hydrogen-bond acceptors (Lipinski definition) is 5. The van der Waals surface area contributed by atoms with Crippen molar-refractivity contribution in [3.05, 3.63) is 85.1 Å². The van der Waals surface area contributed by atoms with Crippen molar-refractivity contribution < 1.29 is 23.8 Å². The van der Waals surface area contributed by atoms with Gasteiger partial charge in [-0.2, -0.15) is 0 Å². The Hall–Kier alpha value is -2.92. The number of esters is 2. The van der Waals surface area contributed by atoms with Gasteiger partial charge in [-0.15, -0.1) is 0 Å². The van der Waals surface area contributed by atoms with Gasteiger partial charge in [-0.05, 0) is 96.3 Å². The maximum absolute atomic E-state index is 12.8. The second kappa shape index (κ2) is 58.4. The highest BCUT2D eigenvalue weighted by molar-refractivity contribution is 5.70. The van der Waals surface area contributed by atoms with E-state index in [0.717, 1.165) is 83.5 Å². The molecule has 1 atom stereocenters. The lowest BCUT2D eigenvalue weighted by Crippen LogP contribution is -2.30. The molecule has 0 fully saturated rings. The van der Waals surface area contributed by atoms with Gasteiger partial charge in [0, 0.05) is 19.4 Å². The van der Waals surface area contributed by atoms with Crippen LogP contribution in [0.15, 0.2) is 85.1 Å². The summed E-state index contributed by atoms with van der Waals surface area (Å²) in [4.78, 5) is 25.5. The average molecular weight is 948 g/mol. The van der Waals surface area contributed by atoms with Crippen LogP contribution < -0.4 is 0 Å². The number of rotatable bonds is 53. The summed E-state index contributed by atoms with van der Waals surface area (Å²) in [6, 6.07) is 0. The van der Waals surface area contributed by atoms with Crippen molar-refractivity contribution in [2.24, 2.45) is 0 Å². The van der Waals surface area contributed by atoms with E-state index < -0.39 is 6.10 Å². The molecule has 0 radical (unpaired) electrons. The Morgan fingerprint density at radius 1 is 0.338 bits per heavy atom. The Kier molecular flexibility index (Phi) is 55.9. The summed E-state index contributed by atoms with van der Waals surface area (Å²) in [5.74, 6) is -0.443. The smallest absolute Gasteiger partial charge is 0.306 e.